The number of nitrogens with one attached hydrogen (secondary N) is 1. The van der Waals surface area contributed by atoms with Gasteiger partial charge in [0.2, 0.25) is 0 Å². The van der Waals surface area contributed by atoms with Gasteiger partial charge in [0.1, 0.15) is 5.82 Å². The van der Waals surface area contributed by atoms with E-state index in [1.54, 1.807) is 26.3 Å². The lowest BCUT2D eigenvalue weighted by molar-refractivity contribution is -0.175. The maximum atomic E-state index is 14.2. The van der Waals surface area contributed by atoms with Gasteiger partial charge in [-0.2, -0.15) is 5.10 Å². The Labute approximate surface area is 202 Å². The molecule has 5 rings (SSSR count). The minimum absolute atomic E-state index is 0.0876. The summed E-state index contributed by atoms with van der Waals surface area (Å²) in [6.45, 7) is 6.35. The van der Waals surface area contributed by atoms with E-state index in [1.165, 1.54) is 13.2 Å². The molecule has 0 aliphatic heterocycles. The Morgan fingerprint density at radius 1 is 1.31 bits per heavy atom. The Hall–Kier alpha value is -3.30. The number of H-pyrrole nitrogens is 1. The Balaban J connectivity index is 1.85. The molecule has 1 aromatic carbocycles. The zero-order chi connectivity index (χ0) is 25.1. The molecule has 1 saturated carbocycles. The summed E-state index contributed by atoms with van der Waals surface area (Å²) in [6, 6.07) is 7.07. The maximum Gasteiger partial charge on any atom is 0.335 e. The summed E-state index contributed by atoms with van der Waals surface area (Å²) in [5.74, 6) is -1.32. The third-order valence-electron chi connectivity index (χ3n) is 7.27. The highest BCUT2D eigenvalue weighted by Gasteiger charge is 2.53. The first-order chi connectivity index (χ1) is 16.6. The molecule has 3 aromatic heterocycles. The topological polar surface area (TPSA) is 102 Å². The summed E-state index contributed by atoms with van der Waals surface area (Å²) in [7, 11) is 3.10. The van der Waals surface area contributed by atoms with Gasteiger partial charge in [0.25, 0.3) is 0 Å². The summed E-state index contributed by atoms with van der Waals surface area (Å²) in [4.78, 5) is 16.9. The Morgan fingerprint density at radius 3 is 2.69 bits per heavy atom. The van der Waals surface area contributed by atoms with Crippen molar-refractivity contribution < 1.29 is 23.8 Å². The van der Waals surface area contributed by atoms with Crippen molar-refractivity contribution in [1.29, 1.82) is 0 Å². The molecule has 2 N–H and O–H groups in total. The lowest BCUT2D eigenvalue weighted by Gasteiger charge is -2.44. The number of methoxy groups -OCH3 is 2. The monoisotopic (exact) mass is 480 g/mol. The molecule has 0 amide bonds. The predicted octanol–water partition coefficient (Wildman–Crippen LogP) is 4.62. The van der Waals surface area contributed by atoms with Crippen molar-refractivity contribution >= 4 is 28.0 Å². The SMILES string of the molecule is COCC(C)(C)c1c([C@H]2C[C@](OC)(C(=O)O)C2)c2nc3[nH]ncc3cc2n1-c1ccc(F)c(C)c1. The summed E-state index contributed by atoms with van der Waals surface area (Å²) in [6.07, 6.45) is 2.39. The number of aliphatic carboxylic acids is 1. The van der Waals surface area contributed by atoms with Gasteiger partial charge in [-0.25, -0.2) is 14.2 Å². The van der Waals surface area contributed by atoms with Gasteiger partial charge >= 0.3 is 5.97 Å². The van der Waals surface area contributed by atoms with Crippen molar-refractivity contribution in [1.82, 2.24) is 19.7 Å². The fourth-order valence-corrected chi connectivity index (χ4v) is 5.48. The maximum absolute atomic E-state index is 14.2. The standard InChI is InChI=1S/C26H29FN4O4/c1-14-8-17(6-7-18(14)27)31-19-9-15-12-28-30-23(15)29-21(19)20(22(31)25(2,3)13-34-4)16-10-26(11-16,35-5)24(32)33/h6-9,12,16H,10-11,13H2,1-5H3,(H,32,33)(H,28,29,30)/t16-,26+. The van der Waals surface area contributed by atoms with Crippen LogP contribution in [-0.4, -0.2) is 57.3 Å². The van der Waals surface area contributed by atoms with Gasteiger partial charge in [-0.05, 0) is 55.5 Å². The highest BCUT2D eigenvalue weighted by atomic mass is 19.1. The van der Waals surface area contributed by atoms with Crippen molar-refractivity contribution in [2.45, 2.75) is 50.5 Å². The molecule has 9 heteroatoms. The van der Waals surface area contributed by atoms with E-state index >= 15 is 0 Å². The number of pyridine rings is 1. The van der Waals surface area contributed by atoms with Crippen molar-refractivity contribution in [3.63, 3.8) is 0 Å². The van der Waals surface area contributed by atoms with Crippen LogP contribution in [0.15, 0.2) is 30.5 Å². The number of halogens is 1. The van der Waals surface area contributed by atoms with Gasteiger partial charge in [-0.15, -0.1) is 0 Å². The number of hydrogen-bond donors (Lipinski definition) is 2. The third kappa shape index (κ3) is 3.52. The Morgan fingerprint density at radius 2 is 2.06 bits per heavy atom. The van der Waals surface area contributed by atoms with Crippen LogP contribution in [0.3, 0.4) is 0 Å². The molecule has 3 heterocycles. The first-order valence-corrected chi connectivity index (χ1v) is 11.5. The molecule has 35 heavy (non-hydrogen) atoms. The van der Waals surface area contributed by atoms with Gasteiger partial charge in [0.15, 0.2) is 11.2 Å². The second-order valence-corrected chi connectivity index (χ2v) is 10.1. The van der Waals surface area contributed by atoms with E-state index in [4.69, 9.17) is 14.5 Å². The van der Waals surface area contributed by atoms with Crippen LogP contribution in [0.25, 0.3) is 27.8 Å². The molecule has 0 radical (unpaired) electrons. The molecule has 0 unspecified atom stereocenters. The summed E-state index contributed by atoms with van der Waals surface area (Å²) < 4.78 is 27.4. The fourth-order valence-electron chi connectivity index (χ4n) is 5.48. The quantitative estimate of drug-likeness (QED) is 0.400. The molecule has 0 atom stereocenters. The van der Waals surface area contributed by atoms with Crippen molar-refractivity contribution in [3.05, 3.63) is 53.1 Å². The van der Waals surface area contributed by atoms with E-state index in [9.17, 15) is 14.3 Å². The number of ether oxygens (including phenoxy) is 2. The minimum Gasteiger partial charge on any atom is -0.479 e. The smallest absolute Gasteiger partial charge is 0.335 e. The van der Waals surface area contributed by atoms with Gasteiger partial charge in [-0.3, -0.25) is 5.10 Å². The van der Waals surface area contributed by atoms with Crippen LogP contribution in [0.1, 0.15) is 49.4 Å². The zero-order valence-electron chi connectivity index (χ0n) is 20.5. The number of carbonyl (C=O) groups is 1. The minimum atomic E-state index is -1.22. The molecule has 1 aliphatic rings. The van der Waals surface area contributed by atoms with Crippen LogP contribution in [0.2, 0.25) is 0 Å². The van der Waals surface area contributed by atoms with Crippen LogP contribution >= 0.6 is 0 Å². The zero-order valence-corrected chi connectivity index (χ0v) is 20.5. The van der Waals surface area contributed by atoms with E-state index < -0.39 is 17.0 Å². The van der Waals surface area contributed by atoms with Gasteiger partial charge in [0, 0.05) is 42.0 Å². The largest absolute Gasteiger partial charge is 0.479 e. The number of fused-ring (bicyclic) bond motifs is 2. The second kappa shape index (κ2) is 8.13. The first kappa shape index (κ1) is 23.4. The number of hydrogen-bond acceptors (Lipinski definition) is 5. The van der Waals surface area contributed by atoms with Gasteiger partial charge in [0.05, 0.1) is 23.8 Å². The van der Waals surface area contributed by atoms with Crippen LogP contribution in [0, 0.1) is 12.7 Å². The van der Waals surface area contributed by atoms with Gasteiger partial charge < -0.3 is 19.1 Å². The molecule has 8 nitrogen and oxygen atoms in total. The average molecular weight is 481 g/mol. The van der Waals surface area contributed by atoms with Crippen LogP contribution in [0.4, 0.5) is 4.39 Å². The van der Waals surface area contributed by atoms with Crippen LogP contribution in [-0.2, 0) is 19.7 Å². The number of aromatic amines is 1. The lowest BCUT2D eigenvalue weighted by Crippen LogP contribution is -2.51. The molecule has 1 fully saturated rings. The van der Waals surface area contributed by atoms with E-state index in [2.05, 4.69) is 28.6 Å². The second-order valence-electron chi connectivity index (χ2n) is 10.1. The molecule has 0 spiro atoms. The Bertz CT molecular complexity index is 1450. The van der Waals surface area contributed by atoms with Gasteiger partial charge in [-0.1, -0.05) is 13.8 Å². The molecule has 184 valence electrons. The summed E-state index contributed by atoms with van der Waals surface area (Å²) in [5, 5.41) is 17.7. The van der Waals surface area contributed by atoms with E-state index in [1.807, 2.05) is 12.1 Å². The van der Waals surface area contributed by atoms with E-state index in [0.717, 1.165) is 33.4 Å². The number of carboxylic acid groups (broad SMARTS) is 1. The molecule has 0 bridgehead atoms. The molecular formula is C26H29FN4O4. The summed E-state index contributed by atoms with van der Waals surface area (Å²) in [5.41, 5.74) is 3.86. The highest BCUT2D eigenvalue weighted by Crippen LogP contribution is 2.52. The van der Waals surface area contributed by atoms with Crippen LogP contribution in [0.5, 0.6) is 0 Å². The van der Waals surface area contributed by atoms with Crippen LogP contribution < -0.4 is 0 Å². The molecular weight excluding hydrogens is 451 g/mol. The normalized spacial score (nSPS) is 20.5. The number of benzene rings is 1. The number of rotatable bonds is 7. The van der Waals surface area contributed by atoms with Crippen molar-refractivity contribution in [3.8, 4) is 5.69 Å². The number of aryl methyl sites for hydroxylation is 1. The number of nitrogens with zero attached hydrogens (tertiary/aromatic N) is 3. The molecule has 1 aliphatic carbocycles. The lowest BCUT2D eigenvalue weighted by atomic mass is 9.66. The highest BCUT2D eigenvalue weighted by molar-refractivity contribution is 5.94. The number of carboxylic acids is 1. The number of aromatic nitrogens is 4. The molecule has 0 saturated heterocycles. The predicted molar refractivity (Wildman–Crippen MR) is 130 cm³/mol. The molecule has 4 aromatic rings. The van der Waals surface area contributed by atoms with E-state index in [-0.39, 0.29) is 11.7 Å². The third-order valence-corrected chi connectivity index (χ3v) is 7.27. The average Bonchev–Trinajstić information content (AvgIpc) is 3.36. The first-order valence-electron chi connectivity index (χ1n) is 11.5. The van der Waals surface area contributed by atoms with Crippen molar-refractivity contribution in [2.75, 3.05) is 20.8 Å². The fraction of sp³-hybridized carbons (Fsp3) is 0.423. The Kier molecular flexibility index (Phi) is 5.45. The van der Waals surface area contributed by atoms with E-state index in [0.29, 0.717) is 30.7 Å². The van der Waals surface area contributed by atoms with Crippen molar-refractivity contribution in [2.24, 2.45) is 0 Å². The summed E-state index contributed by atoms with van der Waals surface area (Å²) >= 11 is 0.